The molecule has 0 aliphatic heterocycles. The molecule has 0 aliphatic carbocycles. The molecule has 0 unspecified atom stereocenters. The molecule has 0 atom stereocenters. The predicted molar refractivity (Wildman–Crippen MR) is 105 cm³/mol. The predicted octanol–water partition coefficient (Wildman–Crippen LogP) is 4.12. The van der Waals surface area contributed by atoms with Crippen LogP contribution in [0.4, 0.5) is 0 Å². The summed E-state index contributed by atoms with van der Waals surface area (Å²) in [7, 11) is 1.88. The molecule has 0 radical (unpaired) electrons. The van der Waals surface area contributed by atoms with Crippen molar-refractivity contribution in [2.75, 3.05) is 6.54 Å². The molecule has 136 valence electrons. The van der Waals surface area contributed by atoms with Crippen LogP contribution in [0.3, 0.4) is 0 Å². The molecule has 1 amide bonds. The van der Waals surface area contributed by atoms with Crippen molar-refractivity contribution < 1.29 is 4.79 Å². The van der Waals surface area contributed by atoms with Crippen molar-refractivity contribution >= 4 is 16.8 Å². The van der Waals surface area contributed by atoms with Gasteiger partial charge in [-0.05, 0) is 57.9 Å². The zero-order valence-corrected chi connectivity index (χ0v) is 16.4. The average molecular weight is 350 g/mol. The fourth-order valence-electron chi connectivity index (χ4n) is 3.52. The summed E-state index contributed by atoms with van der Waals surface area (Å²) in [6.07, 6.45) is 3.70. The van der Waals surface area contributed by atoms with Gasteiger partial charge in [0.2, 0.25) is 0 Å². The summed E-state index contributed by atoms with van der Waals surface area (Å²) >= 11 is 0. The standard InChI is InChI=1S/C21H26N4O/c1-7-25(13(2)3)21(26)17-10-18(16-11-22-24(6)12-16)23-19-9-14(4)8-15(5)20(17)19/h8-13H,7H2,1-6H3. The molecule has 0 saturated carbocycles. The number of fused-ring (bicyclic) bond motifs is 1. The highest BCUT2D eigenvalue weighted by molar-refractivity contribution is 6.08. The number of hydrogen-bond donors (Lipinski definition) is 0. The quantitative estimate of drug-likeness (QED) is 0.711. The highest BCUT2D eigenvalue weighted by Crippen LogP contribution is 2.29. The number of aryl methyl sites for hydroxylation is 3. The van der Waals surface area contributed by atoms with E-state index in [9.17, 15) is 4.79 Å². The lowest BCUT2D eigenvalue weighted by atomic mass is 9.98. The van der Waals surface area contributed by atoms with Crippen LogP contribution in [0.5, 0.6) is 0 Å². The normalized spacial score (nSPS) is 11.3. The largest absolute Gasteiger partial charge is 0.336 e. The Morgan fingerprint density at radius 2 is 1.96 bits per heavy atom. The number of rotatable bonds is 4. The van der Waals surface area contributed by atoms with E-state index in [1.807, 2.05) is 58.0 Å². The van der Waals surface area contributed by atoms with Gasteiger partial charge in [-0.15, -0.1) is 0 Å². The molecule has 2 heterocycles. The van der Waals surface area contributed by atoms with E-state index in [0.29, 0.717) is 12.1 Å². The molecular weight excluding hydrogens is 324 g/mol. The smallest absolute Gasteiger partial charge is 0.254 e. The van der Waals surface area contributed by atoms with Crippen molar-refractivity contribution in [2.45, 2.75) is 40.7 Å². The fourth-order valence-corrected chi connectivity index (χ4v) is 3.52. The van der Waals surface area contributed by atoms with Crippen LogP contribution in [0, 0.1) is 13.8 Å². The summed E-state index contributed by atoms with van der Waals surface area (Å²) in [5.41, 5.74) is 5.47. The van der Waals surface area contributed by atoms with Crippen LogP contribution in [0.25, 0.3) is 22.2 Å². The van der Waals surface area contributed by atoms with Crippen molar-refractivity contribution in [2.24, 2.45) is 7.05 Å². The van der Waals surface area contributed by atoms with Crippen LogP contribution in [-0.4, -0.2) is 38.2 Å². The first kappa shape index (κ1) is 18.1. The molecule has 1 aromatic carbocycles. The van der Waals surface area contributed by atoms with E-state index in [1.165, 1.54) is 0 Å². The lowest BCUT2D eigenvalue weighted by molar-refractivity contribution is 0.0719. The van der Waals surface area contributed by atoms with Crippen LogP contribution in [0.1, 0.15) is 42.3 Å². The van der Waals surface area contributed by atoms with Crippen molar-refractivity contribution in [3.05, 3.63) is 47.3 Å². The molecule has 3 aromatic rings. The van der Waals surface area contributed by atoms with Gasteiger partial charge in [0.1, 0.15) is 0 Å². The third-order valence-corrected chi connectivity index (χ3v) is 4.71. The van der Waals surface area contributed by atoms with Crippen molar-refractivity contribution in [3.63, 3.8) is 0 Å². The number of aromatic nitrogens is 3. The Labute approximate surface area is 154 Å². The molecule has 26 heavy (non-hydrogen) atoms. The van der Waals surface area contributed by atoms with Gasteiger partial charge in [-0.2, -0.15) is 5.10 Å². The molecule has 0 saturated heterocycles. The first-order valence-corrected chi connectivity index (χ1v) is 9.03. The third-order valence-electron chi connectivity index (χ3n) is 4.71. The van der Waals surface area contributed by atoms with Gasteiger partial charge in [0.05, 0.1) is 23.0 Å². The Morgan fingerprint density at radius 1 is 1.23 bits per heavy atom. The molecular formula is C21H26N4O. The first-order valence-electron chi connectivity index (χ1n) is 9.03. The number of benzene rings is 1. The summed E-state index contributed by atoms with van der Waals surface area (Å²) in [5.74, 6) is 0.0481. The van der Waals surface area contributed by atoms with E-state index in [-0.39, 0.29) is 11.9 Å². The van der Waals surface area contributed by atoms with E-state index >= 15 is 0 Å². The van der Waals surface area contributed by atoms with Gasteiger partial charge in [-0.25, -0.2) is 4.98 Å². The van der Waals surface area contributed by atoms with Crippen molar-refractivity contribution in [1.82, 2.24) is 19.7 Å². The van der Waals surface area contributed by atoms with Crippen LogP contribution >= 0.6 is 0 Å². The monoisotopic (exact) mass is 350 g/mol. The minimum Gasteiger partial charge on any atom is -0.336 e. The lowest BCUT2D eigenvalue weighted by Gasteiger charge is -2.26. The van der Waals surface area contributed by atoms with Gasteiger partial charge in [-0.3, -0.25) is 9.48 Å². The van der Waals surface area contributed by atoms with Gasteiger partial charge >= 0.3 is 0 Å². The minimum atomic E-state index is 0.0481. The molecule has 0 fully saturated rings. The maximum Gasteiger partial charge on any atom is 0.254 e. The van der Waals surface area contributed by atoms with Gasteiger partial charge in [0.15, 0.2) is 0 Å². The lowest BCUT2D eigenvalue weighted by Crippen LogP contribution is -2.36. The maximum atomic E-state index is 13.3. The Balaban J connectivity index is 2.29. The second-order valence-electron chi connectivity index (χ2n) is 7.12. The van der Waals surface area contributed by atoms with E-state index in [0.717, 1.165) is 33.3 Å². The van der Waals surface area contributed by atoms with E-state index in [1.54, 1.807) is 10.9 Å². The topological polar surface area (TPSA) is 51.0 Å². The molecule has 0 spiro atoms. The van der Waals surface area contributed by atoms with E-state index in [4.69, 9.17) is 4.98 Å². The summed E-state index contributed by atoms with van der Waals surface area (Å²) in [5, 5.41) is 5.18. The van der Waals surface area contributed by atoms with Crippen molar-refractivity contribution in [3.8, 4) is 11.3 Å². The van der Waals surface area contributed by atoms with Crippen LogP contribution < -0.4 is 0 Å². The zero-order chi connectivity index (χ0) is 19.0. The number of pyridine rings is 1. The number of carbonyl (C=O) groups excluding carboxylic acids is 1. The second-order valence-corrected chi connectivity index (χ2v) is 7.12. The molecule has 0 aliphatic rings. The minimum absolute atomic E-state index is 0.0481. The molecule has 0 bridgehead atoms. The van der Waals surface area contributed by atoms with Crippen LogP contribution in [0.15, 0.2) is 30.6 Å². The average Bonchev–Trinajstić information content (AvgIpc) is 3.00. The fraction of sp³-hybridized carbons (Fsp3) is 0.381. The SMILES string of the molecule is CCN(C(=O)c1cc(-c2cnn(C)c2)nc2cc(C)cc(C)c12)C(C)C. The second kappa shape index (κ2) is 6.90. The summed E-state index contributed by atoms with van der Waals surface area (Å²) < 4.78 is 1.75. The van der Waals surface area contributed by atoms with Gasteiger partial charge in [-0.1, -0.05) is 6.07 Å². The summed E-state index contributed by atoms with van der Waals surface area (Å²) in [4.78, 5) is 20.1. The highest BCUT2D eigenvalue weighted by Gasteiger charge is 2.22. The van der Waals surface area contributed by atoms with Gasteiger partial charge < -0.3 is 4.90 Å². The molecule has 3 rings (SSSR count). The van der Waals surface area contributed by atoms with Crippen LogP contribution in [-0.2, 0) is 7.05 Å². The summed E-state index contributed by atoms with van der Waals surface area (Å²) in [6.45, 7) is 10.9. The number of amides is 1. The molecule has 5 heteroatoms. The Hall–Kier alpha value is -2.69. The number of carbonyl (C=O) groups is 1. The molecule has 2 aromatic heterocycles. The Bertz CT molecular complexity index is 972. The number of nitrogens with zero attached hydrogens (tertiary/aromatic N) is 4. The Morgan fingerprint density at radius 3 is 2.54 bits per heavy atom. The van der Waals surface area contributed by atoms with E-state index in [2.05, 4.69) is 18.1 Å². The molecule has 0 N–H and O–H groups in total. The van der Waals surface area contributed by atoms with Crippen molar-refractivity contribution in [1.29, 1.82) is 0 Å². The zero-order valence-electron chi connectivity index (χ0n) is 16.4. The highest BCUT2D eigenvalue weighted by atomic mass is 16.2. The third kappa shape index (κ3) is 3.21. The van der Waals surface area contributed by atoms with Crippen LogP contribution in [0.2, 0.25) is 0 Å². The first-order chi connectivity index (χ1) is 12.3. The van der Waals surface area contributed by atoms with E-state index < -0.39 is 0 Å². The van der Waals surface area contributed by atoms with Gasteiger partial charge in [0.25, 0.3) is 5.91 Å². The Kier molecular flexibility index (Phi) is 4.81. The molecule has 5 nitrogen and oxygen atoms in total. The number of hydrogen-bond acceptors (Lipinski definition) is 3. The van der Waals surface area contributed by atoms with Gasteiger partial charge in [0, 0.05) is 36.8 Å². The summed E-state index contributed by atoms with van der Waals surface area (Å²) in [6, 6.07) is 6.21. The maximum absolute atomic E-state index is 13.3.